The van der Waals surface area contributed by atoms with Gasteiger partial charge < -0.3 is 0 Å². The number of benzene rings is 5. The summed E-state index contributed by atoms with van der Waals surface area (Å²) >= 11 is 0. The second-order valence-electron chi connectivity index (χ2n) is 8.66. The van der Waals surface area contributed by atoms with Crippen molar-refractivity contribution in [3.63, 3.8) is 0 Å². The van der Waals surface area contributed by atoms with Crippen LogP contribution in [-0.2, 0) is 0 Å². The lowest BCUT2D eigenvalue weighted by molar-refractivity contribution is 1.33. The maximum absolute atomic E-state index is 4.62. The van der Waals surface area contributed by atoms with Crippen molar-refractivity contribution >= 4 is 32.3 Å². The summed E-state index contributed by atoms with van der Waals surface area (Å²) in [7, 11) is 0. The molecule has 0 atom stereocenters. The molecule has 0 aliphatic rings. The van der Waals surface area contributed by atoms with Crippen LogP contribution in [0.4, 0.5) is 0 Å². The van der Waals surface area contributed by atoms with Crippen molar-refractivity contribution in [3.8, 4) is 33.6 Å². The van der Waals surface area contributed by atoms with Gasteiger partial charge in [0, 0.05) is 23.5 Å². The van der Waals surface area contributed by atoms with E-state index >= 15 is 0 Å². The van der Waals surface area contributed by atoms with E-state index in [2.05, 4.69) is 88.8 Å². The molecule has 5 aromatic carbocycles. The summed E-state index contributed by atoms with van der Waals surface area (Å²) in [5.41, 5.74) is 6.76. The Balaban J connectivity index is 1.46. The molecular formula is C32H20N2. The Morgan fingerprint density at radius 3 is 1.53 bits per heavy atom. The number of rotatable bonds is 3. The molecular weight excluding hydrogens is 412 g/mol. The first kappa shape index (κ1) is 19.0. The van der Waals surface area contributed by atoms with Crippen LogP contribution in [0.1, 0.15) is 0 Å². The largest absolute Gasteiger partial charge is 0.256 e. The van der Waals surface area contributed by atoms with E-state index in [1.165, 1.54) is 49.0 Å². The second kappa shape index (κ2) is 7.50. The van der Waals surface area contributed by atoms with Crippen molar-refractivity contribution < 1.29 is 0 Å². The van der Waals surface area contributed by atoms with Crippen molar-refractivity contribution in [1.29, 1.82) is 0 Å². The van der Waals surface area contributed by atoms with E-state index in [1.807, 2.05) is 42.7 Å². The fourth-order valence-electron chi connectivity index (χ4n) is 5.15. The first-order chi connectivity index (χ1) is 16.9. The number of hydrogen-bond acceptors (Lipinski definition) is 2. The fourth-order valence-corrected chi connectivity index (χ4v) is 5.15. The van der Waals surface area contributed by atoms with Crippen LogP contribution in [0.3, 0.4) is 0 Å². The van der Waals surface area contributed by atoms with Crippen LogP contribution in [0.15, 0.2) is 122 Å². The topological polar surface area (TPSA) is 25.8 Å². The van der Waals surface area contributed by atoms with Gasteiger partial charge in [-0.1, -0.05) is 84.9 Å². The molecule has 2 aromatic heterocycles. The minimum atomic E-state index is 0.992. The predicted molar refractivity (Wildman–Crippen MR) is 142 cm³/mol. The van der Waals surface area contributed by atoms with Gasteiger partial charge in [-0.15, -0.1) is 0 Å². The lowest BCUT2D eigenvalue weighted by Crippen LogP contribution is -1.90. The third kappa shape index (κ3) is 2.89. The van der Waals surface area contributed by atoms with Gasteiger partial charge in [0.2, 0.25) is 0 Å². The zero-order valence-corrected chi connectivity index (χ0v) is 18.4. The number of hydrogen-bond donors (Lipinski definition) is 0. The molecule has 0 saturated heterocycles. The number of pyridine rings is 2. The van der Waals surface area contributed by atoms with E-state index in [0.717, 1.165) is 17.0 Å². The lowest BCUT2D eigenvalue weighted by Gasteiger charge is -2.16. The van der Waals surface area contributed by atoms with Crippen LogP contribution in [-0.4, -0.2) is 9.97 Å². The van der Waals surface area contributed by atoms with Crippen molar-refractivity contribution in [3.05, 3.63) is 122 Å². The van der Waals surface area contributed by atoms with E-state index in [9.17, 15) is 0 Å². The molecule has 0 unspecified atom stereocenters. The minimum absolute atomic E-state index is 0.992. The highest BCUT2D eigenvalue weighted by atomic mass is 14.7. The lowest BCUT2D eigenvalue weighted by atomic mass is 9.88. The van der Waals surface area contributed by atoms with Gasteiger partial charge in [0.25, 0.3) is 0 Å². The van der Waals surface area contributed by atoms with Gasteiger partial charge in [0.1, 0.15) is 0 Å². The monoisotopic (exact) mass is 432 g/mol. The van der Waals surface area contributed by atoms with Crippen molar-refractivity contribution in [2.24, 2.45) is 0 Å². The van der Waals surface area contributed by atoms with E-state index < -0.39 is 0 Å². The fraction of sp³-hybridized carbons (Fsp3) is 0. The Morgan fingerprint density at radius 1 is 0.382 bits per heavy atom. The molecule has 2 heteroatoms. The standard InChI is InChI=1S/C32H20N2/c1-3-19-33-29(5-1)22-9-7-21(8-10-22)25-15-11-23-14-18-28-26(30-6-2-4-20-34-30)16-12-24-13-17-27(25)31(23)32(24)28/h1-20H. The molecule has 2 heterocycles. The minimum Gasteiger partial charge on any atom is -0.256 e. The highest BCUT2D eigenvalue weighted by molar-refractivity contribution is 6.27. The Bertz CT molecular complexity index is 1770. The highest BCUT2D eigenvalue weighted by Gasteiger charge is 2.15. The van der Waals surface area contributed by atoms with Gasteiger partial charge in [0.05, 0.1) is 11.4 Å². The number of nitrogens with zero attached hydrogens (tertiary/aromatic N) is 2. The van der Waals surface area contributed by atoms with Crippen molar-refractivity contribution in [2.75, 3.05) is 0 Å². The van der Waals surface area contributed by atoms with Crippen LogP contribution in [0, 0.1) is 0 Å². The van der Waals surface area contributed by atoms with Crippen LogP contribution in [0.5, 0.6) is 0 Å². The summed E-state index contributed by atoms with van der Waals surface area (Å²) in [5.74, 6) is 0. The summed E-state index contributed by atoms with van der Waals surface area (Å²) in [6.07, 6.45) is 3.70. The third-order valence-electron chi connectivity index (χ3n) is 6.76. The van der Waals surface area contributed by atoms with Gasteiger partial charge in [-0.3, -0.25) is 9.97 Å². The van der Waals surface area contributed by atoms with Crippen molar-refractivity contribution in [2.45, 2.75) is 0 Å². The van der Waals surface area contributed by atoms with Crippen LogP contribution in [0.25, 0.3) is 66.0 Å². The average molecular weight is 433 g/mol. The Labute approximate surface area is 197 Å². The molecule has 0 amide bonds. The molecule has 158 valence electrons. The molecule has 0 N–H and O–H groups in total. The van der Waals surface area contributed by atoms with Gasteiger partial charge in [-0.05, 0) is 67.7 Å². The summed E-state index contributed by atoms with van der Waals surface area (Å²) in [6.45, 7) is 0. The zero-order chi connectivity index (χ0) is 22.5. The molecule has 2 nitrogen and oxygen atoms in total. The highest BCUT2D eigenvalue weighted by Crippen LogP contribution is 2.42. The molecule has 0 radical (unpaired) electrons. The molecule has 0 fully saturated rings. The van der Waals surface area contributed by atoms with Gasteiger partial charge in [0.15, 0.2) is 0 Å². The molecule has 0 aliphatic heterocycles. The SMILES string of the molecule is c1ccc(-c2ccc(-c3ccc4ccc5c(-c6ccccn6)ccc6ccc3c4c65)cc2)nc1. The Morgan fingerprint density at radius 2 is 0.912 bits per heavy atom. The zero-order valence-electron chi connectivity index (χ0n) is 18.4. The average Bonchev–Trinajstić information content (AvgIpc) is 2.92. The first-order valence-corrected chi connectivity index (χ1v) is 11.5. The quantitative estimate of drug-likeness (QED) is 0.262. The Kier molecular flexibility index (Phi) is 4.18. The molecule has 34 heavy (non-hydrogen) atoms. The summed E-state index contributed by atoms with van der Waals surface area (Å²) in [4.78, 5) is 9.11. The third-order valence-corrected chi connectivity index (χ3v) is 6.76. The maximum Gasteiger partial charge on any atom is 0.0708 e. The van der Waals surface area contributed by atoms with Crippen LogP contribution < -0.4 is 0 Å². The van der Waals surface area contributed by atoms with E-state index in [-0.39, 0.29) is 0 Å². The van der Waals surface area contributed by atoms with E-state index in [1.54, 1.807) is 0 Å². The molecule has 0 saturated carbocycles. The summed E-state index contributed by atoms with van der Waals surface area (Å²) < 4.78 is 0. The Hall–Kier alpha value is -4.56. The normalized spacial score (nSPS) is 11.5. The molecule has 0 aliphatic carbocycles. The van der Waals surface area contributed by atoms with Crippen LogP contribution >= 0.6 is 0 Å². The van der Waals surface area contributed by atoms with E-state index in [0.29, 0.717) is 0 Å². The van der Waals surface area contributed by atoms with Gasteiger partial charge in [-0.2, -0.15) is 0 Å². The smallest absolute Gasteiger partial charge is 0.0708 e. The first-order valence-electron chi connectivity index (χ1n) is 11.5. The summed E-state index contributed by atoms with van der Waals surface area (Å²) in [6, 6.07) is 38.8. The molecule has 7 rings (SSSR count). The molecule has 0 bridgehead atoms. The van der Waals surface area contributed by atoms with Crippen LogP contribution in [0.2, 0.25) is 0 Å². The molecule has 0 spiro atoms. The maximum atomic E-state index is 4.62. The molecule has 7 aromatic rings. The van der Waals surface area contributed by atoms with Gasteiger partial charge in [-0.25, -0.2) is 0 Å². The summed E-state index contributed by atoms with van der Waals surface area (Å²) in [5, 5.41) is 7.68. The second-order valence-corrected chi connectivity index (χ2v) is 8.66. The van der Waals surface area contributed by atoms with E-state index in [4.69, 9.17) is 0 Å². The van der Waals surface area contributed by atoms with Gasteiger partial charge >= 0.3 is 0 Å². The predicted octanol–water partition coefficient (Wildman–Crippen LogP) is 8.38. The number of aromatic nitrogens is 2. The van der Waals surface area contributed by atoms with Crippen molar-refractivity contribution in [1.82, 2.24) is 9.97 Å².